The van der Waals surface area contributed by atoms with Gasteiger partial charge in [-0.3, -0.25) is 9.69 Å². The van der Waals surface area contributed by atoms with Crippen LogP contribution in [0.3, 0.4) is 0 Å². The van der Waals surface area contributed by atoms with Crippen molar-refractivity contribution < 1.29 is 13.2 Å². The Morgan fingerprint density at radius 1 is 1.67 bits per heavy atom. The van der Waals surface area contributed by atoms with Gasteiger partial charge in [0.1, 0.15) is 10.7 Å². The molecule has 1 amide bonds. The molecule has 0 aromatic carbocycles. The Balaban J connectivity index is 2.19. The third-order valence-electron chi connectivity index (χ3n) is 2.40. The van der Waals surface area contributed by atoms with Gasteiger partial charge in [-0.25, -0.2) is 18.5 Å². The molecule has 1 aliphatic rings. The summed E-state index contributed by atoms with van der Waals surface area (Å²) in [6.07, 6.45) is 1.35. The first-order chi connectivity index (χ1) is 8.41. The van der Waals surface area contributed by atoms with E-state index in [0.29, 0.717) is 9.34 Å². The number of carbonyl (C=O) groups is 1. The number of rotatable bonds is 3. The summed E-state index contributed by atoms with van der Waals surface area (Å²) >= 11 is 2.11. The molecule has 0 spiro atoms. The maximum Gasteiger partial charge on any atom is 0.230 e. The lowest BCUT2D eigenvalue weighted by molar-refractivity contribution is -0.117. The van der Waals surface area contributed by atoms with E-state index in [9.17, 15) is 13.2 Å². The van der Waals surface area contributed by atoms with Crippen LogP contribution in [-0.4, -0.2) is 31.1 Å². The number of aromatic nitrogens is 1. The van der Waals surface area contributed by atoms with E-state index in [2.05, 4.69) is 4.98 Å². The smallest absolute Gasteiger partial charge is 0.230 e. The average Bonchev–Trinajstić information content (AvgIpc) is 2.84. The first-order valence-electron chi connectivity index (χ1n) is 4.75. The number of nitrogens with two attached hydrogens (primary N) is 1. The minimum atomic E-state index is -3.72. The van der Waals surface area contributed by atoms with E-state index in [-0.39, 0.29) is 18.9 Å². The molecule has 1 saturated heterocycles. The number of hydrogen-bond donors (Lipinski definition) is 1. The number of thiocyanates is 1. The van der Waals surface area contributed by atoms with Crippen LogP contribution in [0.25, 0.3) is 0 Å². The molecule has 1 aromatic heterocycles. The molecule has 0 saturated carbocycles. The van der Waals surface area contributed by atoms with Gasteiger partial charge in [-0.1, -0.05) is 11.3 Å². The highest BCUT2D eigenvalue weighted by Gasteiger charge is 2.38. The number of amides is 1. The lowest BCUT2D eigenvalue weighted by Gasteiger charge is -2.11. The lowest BCUT2D eigenvalue weighted by atomic mass is 10.4. The number of anilines is 1. The molecule has 1 atom stereocenters. The van der Waals surface area contributed by atoms with Gasteiger partial charge >= 0.3 is 0 Å². The van der Waals surface area contributed by atoms with Crippen molar-refractivity contribution in [3.05, 3.63) is 6.20 Å². The zero-order valence-electron chi connectivity index (χ0n) is 8.94. The molecular weight excluding hydrogens is 296 g/mol. The van der Waals surface area contributed by atoms with Crippen LogP contribution in [0.2, 0.25) is 0 Å². The van der Waals surface area contributed by atoms with Crippen molar-refractivity contribution in [1.82, 2.24) is 4.98 Å². The fraction of sp³-hybridized carbons (Fsp3) is 0.375. The number of hydrogen-bond acceptors (Lipinski definition) is 7. The highest BCUT2D eigenvalue weighted by molar-refractivity contribution is 8.05. The van der Waals surface area contributed by atoms with Crippen LogP contribution in [-0.2, 0) is 14.8 Å². The maximum absolute atomic E-state index is 11.7. The van der Waals surface area contributed by atoms with Gasteiger partial charge in [-0.2, -0.15) is 5.26 Å². The third kappa shape index (κ3) is 2.64. The van der Waals surface area contributed by atoms with Crippen LogP contribution in [0.1, 0.15) is 6.42 Å². The first-order valence-corrected chi connectivity index (χ1v) is 8.00. The number of nitriles is 1. The van der Waals surface area contributed by atoms with Gasteiger partial charge in [0, 0.05) is 24.7 Å². The van der Waals surface area contributed by atoms with Gasteiger partial charge in [0.15, 0.2) is 5.13 Å². The summed E-state index contributed by atoms with van der Waals surface area (Å²) in [5.41, 5.74) is 0. The number of carbonyl (C=O) groups excluding carboxylic acids is 1. The lowest BCUT2D eigenvalue weighted by Crippen LogP contribution is -2.32. The molecule has 1 aromatic rings. The van der Waals surface area contributed by atoms with Crippen molar-refractivity contribution in [2.75, 3.05) is 11.4 Å². The largest absolute Gasteiger partial charge is 0.287 e. The second kappa shape index (κ2) is 4.85. The number of sulfonamides is 1. The maximum atomic E-state index is 11.7. The van der Waals surface area contributed by atoms with Crippen molar-refractivity contribution >= 4 is 44.2 Å². The monoisotopic (exact) mass is 304 g/mol. The minimum Gasteiger partial charge on any atom is -0.287 e. The molecule has 10 heteroatoms. The van der Waals surface area contributed by atoms with Gasteiger partial charge in [0.05, 0.1) is 10.4 Å². The normalized spacial score (nSPS) is 20.1. The fourth-order valence-corrected chi connectivity index (χ4v) is 3.65. The molecule has 1 unspecified atom stereocenters. The quantitative estimate of drug-likeness (QED) is 0.625. The van der Waals surface area contributed by atoms with E-state index in [1.165, 1.54) is 22.4 Å². The topological polar surface area (TPSA) is 117 Å². The average molecular weight is 304 g/mol. The molecule has 2 heterocycles. The van der Waals surface area contributed by atoms with Gasteiger partial charge in [0.25, 0.3) is 0 Å². The van der Waals surface area contributed by atoms with E-state index < -0.39 is 15.3 Å². The highest BCUT2D eigenvalue weighted by atomic mass is 32.2. The molecular formula is C8H8N4O3S3. The molecule has 7 nitrogen and oxygen atoms in total. The van der Waals surface area contributed by atoms with Crippen molar-refractivity contribution in [1.29, 1.82) is 5.26 Å². The molecule has 2 N–H and O–H groups in total. The third-order valence-corrected chi connectivity index (χ3v) is 5.36. The van der Waals surface area contributed by atoms with Gasteiger partial charge in [-0.15, -0.1) is 0 Å². The zero-order chi connectivity index (χ0) is 13.3. The summed E-state index contributed by atoms with van der Waals surface area (Å²) in [7, 11) is -3.72. The molecule has 18 heavy (non-hydrogen) atoms. The van der Waals surface area contributed by atoms with E-state index in [1.54, 1.807) is 0 Å². The van der Waals surface area contributed by atoms with Crippen LogP contribution in [0.5, 0.6) is 0 Å². The number of thioether (sulfide) groups is 1. The first kappa shape index (κ1) is 13.3. The predicted octanol–water partition coefficient (Wildman–Crippen LogP) is 0.110. The molecule has 96 valence electrons. The van der Waals surface area contributed by atoms with E-state index in [4.69, 9.17) is 10.4 Å². The highest BCUT2D eigenvalue weighted by Crippen LogP contribution is 2.32. The van der Waals surface area contributed by atoms with E-state index >= 15 is 0 Å². The van der Waals surface area contributed by atoms with E-state index in [0.717, 1.165) is 11.8 Å². The van der Waals surface area contributed by atoms with Crippen molar-refractivity contribution in [2.24, 2.45) is 5.14 Å². The molecule has 0 radical (unpaired) electrons. The Kier molecular flexibility index (Phi) is 3.58. The summed E-state index contributed by atoms with van der Waals surface area (Å²) in [5, 5.41) is 14.9. The van der Waals surface area contributed by atoms with Gasteiger partial charge < -0.3 is 0 Å². The van der Waals surface area contributed by atoms with Crippen molar-refractivity contribution in [3.63, 3.8) is 0 Å². The molecule has 0 bridgehead atoms. The second-order valence-corrected chi connectivity index (χ2v) is 7.51. The number of primary sulfonamides is 1. The Hall–Kier alpha value is -1.15. The number of nitrogens with zero attached hydrogens (tertiary/aromatic N) is 3. The van der Waals surface area contributed by atoms with Crippen molar-refractivity contribution in [3.8, 4) is 5.40 Å². The predicted molar refractivity (Wildman–Crippen MR) is 67.4 cm³/mol. The van der Waals surface area contributed by atoms with Crippen LogP contribution < -0.4 is 10.0 Å². The molecule has 1 aliphatic heterocycles. The Labute approximate surface area is 112 Å². The van der Waals surface area contributed by atoms with Crippen LogP contribution >= 0.6 is 23.1 Å². The Morgan fingerprint density at radius 2 is 2.39 bits per heavy atom. The van der Waals surface area contributed by atoms with Crippen LogP contribution in [0.15, 0.2) is 10.4 Å². The fourth-order valence-electron chi connectivity index (χ4n) is 1.55. The van der Waals surface area contributed by atoms with E-state index in [1.807, 2.05) is 5.40 Å². The SMILES string of the molecule is N#CSc1cnc(N2CC(S(N)(=O)=O)CC2=O)s1. The zero-order valence-corrected chi connectivity index (χ0v) is 11.4. The number of thiazole rings is 1. The van der Waals surface area contributed by atoms with Crippen LogP contribution in [0.4, 0.5) is 5.13 Å². The molecule has 2 rings (SSSR count). The van der Waals surface area contributed by atoms with Gasteiger partial charge in [-0.05, 0) is 0 Å². The second-order valence-electron chi connectivity index (χ2n) is 3.57. The molecule has 0 aliphatic carbocycles. The Bertz CT molecular complexity index is 618. The minimum absolute atomic E-state index is 0.0157. The summed E-state index contributed by atoms with van der Waals surface area (Å²) in [4.78, 5) is 17.0. The summed E-state index contributed by atoms with van der Waals surface area (Å²) in [6.45, 7) is 0.0157. The van der Waals surface area contributed by atoms with Crippen LogP contribution in [0, 0.1) is 10.7 Å². The van der Waals surface area contributed by atoms with Gasteiger partial charge in [0.2, 0.25) is 15.9 Å². The molecule has 1 fully saturated rings. The van der Waals surface area contributed by atoms with Crippen molar-refractivity contribution in [2.45, 2.75) is 15.9 Å². The summed E-state index contributed by atoms with van der Waals surface area (Å²) in [6, 6.07) is 0. The standard InChI is InChI=1S/C8H8N4O3S3/c9-4-16-7-2-11-8(17-7)12-3-5(1-6(12)13)18(10,14)15/h2,5H,1,3H2,(H2,10,14,15). The Morgan fingerprint density at radius 3 is 2.94 bits per heavy atom. The summed E-state index contributed by atoms with van der Waals surface area (Å²) in [5.74, 6) is -0.322. The summed E-state index contributed by atoms with van der Waals surface area (Å²) < 4.78 is 23.0.